The van der Waals surface area contributed by atoms with E-state index < -0.39 is 10.7 Å². The molecule has 2 aromatic carbocycles. The largest absolute Gasteiger partial charge is 0.350 e. The molecule has 0 saturated carbocycles. The zero-order valence-electron chi connectivity index (χ0n) is 10.2. The lowest BCUT2D eigenvalue weighted by molar-refractivity contribution is -0.382. The minimum absolute atomic E-state index is 0.0261. The summed E-state index contributed by atoms with van der Waals surface area (Å²) in [4.78, 5) is 10.6. The van der Waals surface area contributed by atoms with E-state index in [0.717, 1.165) is 6.07 Å². The second-order valence-electron chi connectivity index (χ2n) is 4.10. The first kappa shape index (κ1) is 13.3. The molecule has 0 atom stereocenters. The zero-order chi connectivity index (χ0) is 15.0. The minimum atomic E-state index is -0.597. The highest BCUT2D eigenvalue weighted by atomic mass is 35.5. The van der Waals surface area contributed by atoms with Crippen LogP contribution in [0.4, 0.5) is 21.5 Å². The molecule has 0 fully saturated rings. The molecule has 3 aromatic rings. The molecule has 0 aliphatic carbocycles. The van der Waals surface area contributed by atoms with E-state index in [0.29, 0.717) is 5.69 Å². The van der Waals surface area contributed by atoms with Crippen LogP contribution in [0, 0.1) is 15.9 Å². The van der Waals surface area contributed by atoms with Crippen molar-refractivity contribution in [2.75, 3.05) is 5.32 Å². The molecule has 0 bridgehead atoms. The SMILES string of the molecule is O=[N+]([O-])c1c(Nc2ccc(F)c(Cl)c2)ccc2nonc12. The maximum Gasteiger partial charge on any atom is 0.323 e. The average molecular weight is 309 g/mol. The maximum atomic E-state index is 13.1. The first-order valence-corrected chi connectivity index (χ1v) is 6.06. The molecule has 0 saturated heterocycles. The maximum absolute atomic E-state index is 13.1. The summed E-state index contributed by atoms with van der Waals surface area (Å²) < 4.78 is 17.6. The van der Waals surface area contributed by atoms with Gasteiger partial charge in [0, 0.05) is 5.69 Å². The van der Waals surface area contributed by atoms with Gasteiger partial charge in [0.05, 0.1) is 9.95 Å². The van der Waals surface area contributed by atoms with Gasteiger partial charge in [-0.25, -0.2) is 9.02 Å². The lowest BCUT2D eigenvalue weighted by Crippen LogP contribution is -1.98. The molecule has 0 spiro atoms. The minimum Gasteiger partial charge on any atom is -0.350 e. The molecule has 0 amide bonds. The first-order valence-electron chi connectivity index (χ1n) is 5.68. The fourth-order valence-corrected chi connectivity index (χ4v) is 2.03. The monoisotopic (exact) mass is 308 g/mol. The van der Waals surface area contributed by atoms with Crippen molar-refractivity contribution in [3.05, 3.63) is 51.3 Å². The Morgan fingerprint density at radius 2 is 2.10 bits per heavy atom. The number of nitro groups is 1. The summed E-state index contributed by atoms with van der Waals surface area (Å²) in [7, 11) is 0. The summed E-state index contributed by atoms with van der Waals surface area (Å²) in [6.45, 7) is 0. The molecular formula is C12H6ClFN4O3. The number of hydrogen-bond donors (Lipinski definition) is 1. The molecule has 21 heavy (non-hydrogen) atoms. The van der Waals surface area contributed by atoms with Gasteiger partial charge in [-0.1, -0.05) is 11.6 Å². The van der Waals surface area contributed by atoms with E-state index in [9.17, 15) is 14.5 Å². The number of halogens is 2. The van der Waals surface area contributed by atoms with Crippen LogP contribution >= 0.6 is 11.6 Å². The molecule has 1 aromatic heterocycles. The predicted octanol–water partition coefficient (Wildman–Crippen LogP) is 3.67. The van der Waals surface area contributed by atoms with Crippen LogP contribution in [-0.2, 0) is 0 Å². The number of anilines is 2. The first-order chi connectivity index (χ1) is 10.1. The van der Waals surface area contributed by atoms with Gasteiger partial charge in [0.2, 0.25) is 5.52 Å². The van der Waals surface area contributed by atoms with Gasteiger partial charge in [-0.15, -0.1) is 0 Å². The third-order valence-corrected chi connectivity index (χ3v) is 3.07. The van der Waals surface area contributed by atoms with Gasteiger partial charge in [0.1, 0.15) is 17.0 Å². The summed E-state index contributed by atoms with van der Waals surface area (Å²) in [6, 6.07) is 6.88. The number of benzene rings is 2. The predicted molar refractivity (Wildman–Crippen MR) is 73.2 cm³/mol. The number of aromatic nitrogens is 2. The third kappa shape index (κ3) is 2.36. The molecule has 1 heterocycles. The van der Waals surface area contributed by atoms with Crippen LogP contribution in [0.5, 0.6) is 0 Å². The Kier molecular flexibility index (Phi) is 3.15. The highest BCUT2D eigenvalue weighted by Gasteiger charge is 2.22. The topological polar surface area (TPSA) is 94.1 Å². The summed E-state index contributed by atoms with van der Waals surface area (Å²) in [5.41, 5.74) is 0.586. The van der Waals surface area contributed by atoms with E-state index in [2.05, 4.69) is 20.3 Å². The van der Waals surface area contributed by atoms with Crippen molar-refractivity contribution in [3.63, 3.8) is 0 Å². The number of nitro benzene ring substituents is 1. The fraction of sp³-hybridized carbons (Fsp3) is 0. The molecule has 0 unspecified atom stereocenters. The van der Waals surface area contributed by atoms with Gasteiger partial charge in [0.25, 0.3) is 0 Å². The Bertz CT molecular complexity index is 852. The molecule has 106 valence electrons. The lowest BCUT2D eigenvalue weighted by Gasteiger charge is -2.07. The van der Waals surface area contributed by atoms with Crippen LogP contribution in [-0.4, -0.2) is 15.2 Å². The molecule has 0 aliphatic rings. The van der Waals surface area contributed by atoms with Gasteiger partial charge in [0.15, 0.2) is 0 Å². The Labute approximate surface area is 121 Å². The molecule has 0 radical (unpaired) electrons. The third-order valence-electron chi connectivity index (χ3n) is 2.78. The van der Waals surface area contributed by atoms with Gasteiger partial charge >= 0.3 is 5.69 Å². The van der Waals surface area contributed by atoms with Crippen LogP contribution in [0.1, 0.15) is 0 Å². The van der Waals surface area contributed by atoms with E-state index in [1.54, 1.807) is 0 Å². The molecule has 7 nitrogen and oxygen atoms in total. The number of fused-ring (bicyclic) bond motifs is 1. The molecule has 0 aliphatic heterocycles. The van der Waals surface area contributed by atoms with Crippen molar-refractivity contribution in [2.24, 2.45) is 0 Å². The summed E-state index contributed by atoms with van der Waals surface area (Å²) in [5, 5.41) is 21.0. The van der Waals surface area contributed by atoms with Crippen molar-refractivity contribution < 1.29 is 13.9 Å². The molecule has 3 rings (SSSR count). The van der Waals surface area contributed by atoms with Crippen LogP contribution in [0.2, 0.25) is 5.02 Å². The standard InChI is InChI=1S/C12H6ClFN4O3/c13-7-5-6(1-2-8(7)14)15-10-4-3-9-11(17-21-16-9)12(10)18(19)20/h1-5,15H. The smallest absolute Gasteiger partial charge is 0.323 e. The van der Waals surface area contributed by atoms with Crippen molar-refractivity contribution in [3.8, 4) is 0 Å². The Morgan fingerprint density at radius 1 is 1.29 bits per heavy atom. The van der Waals surface area contributed by atoms with Gasteiger partial charge < -0.3 is 5.32 Å². The van der Waals surface area contributed by atoms with Gasteiger partial charge in [-0.05, 0) is 40.6 Å². The van der Waals surface area contributed by atoms with Crippen molar-refractivity contribution >= 4 is 39.7 Å². The number of nitrogens with one attached hydrogen (secondary N) is 1. The van der Waals surface area contributed by atoms with E-state index in [1.165, 1.54) is 24.3 Å². The summed E-state index contributed by atoms with van der Waals surface area (Å²) >= 11 is 5.67. The van der Waals surface area contributed by atoms with Gasteiger partial charge in [-0.3, -0.25) is 10.1 Å². The van der Waals surface area contributed by atoms with Crippen LogP contribution in [0.3, 0.4) is 0 Å². The van der Waals surface area contributed by atoms with Crippen LogP contribution < -0.4 is 5.32 Å². The van der Waals surface area contributed by atoms with Crippen molar-refractivity contribution in [1.29, 1.82) is 0 Å². The second kappa shape index (κ2) is 4.98. The second-order valence-corrected chi connectivity index (χ2v) is 4.51. The molecular weight excluding hydrogens is 303 g/mol. The normalized spacial score (nSPS) is 10.8. The average Bonchev–Trinajstić information content (AvgIpc) is 2.90. The summed E-state index contributed by atoms with van der Waals surface area (Å²) in [6.07, 6.45) is 0. The highest BCUT2D eigenvalue weighted by Crippen LogP contribution is 2.34. The van der Waals surface area contributed by atoms with E-state index in [-0.39, 0.29) is 27.4 Å². The quantitative estimate of drug-likeness (QED) is 0.586. The number of hydrogen-bond acceptors (Lipinski definition) is 6. The summed E-state index contributed by atoms with van der Waals surface area (Å²) in [5.74, 6) is -0.576. The Hall–Kier alpha value is -2.74. The number of nitrogens with zero attached hydrogens (tertiary/aromatic N) is 3. The van der Waals surface area contributed by atoms with E-state index in [1.807, 2.05) is 0 Å². The Balaban J connectivity index is 2.09. The van der Waals surface area contributed by atoms with E-state index >= 15 is 0 Å². The van der Waals surface area contributed by atoms with Crippen LogP contribution in [0.15, 0.2) is 35.0 Å². The van der Waals surface area contributed by atoms with E-state index in [4.69, 9.17) is 11.6 Å². The van der Waals surface area contributed by atoms with Gasteiger partial charge in [-0.2, -0.15) is 0 Å². The van der Waals surface area contributed by atoms with Crippen molar-refractivity contribution in [1.82, 2.24) is 10.3 Å². The fourth-order valence-electron chi connectivity index (χ4n) is 1.85. The Morgan fingerprint density at radius 3 is 2.81 bits per heavy atom. The van der Waals surface area contributed by atoms with Crippen molar-refractivity contribution in [2.45, 2.75) is 0 Å². The molecule has 1 N–H and O–H groups in total. The lowest BCUT2D eigenvalue weighted by atomic mass is 10.2. The highest BCUT2D eigenvalue weighted by molar-refractivity contribution is 6.31. The zero-order valence-corrected chi connectivity index (χ0v) is 11.0. The van der Waals surface area contributed by atoms with Crippen LogP contribution in [0.25, 0.3) is 11.0 Å². The number of rotatable bonds is 3. The molecule has 9 heteroatoms.